The fraction of sp³-hybridized carbons (Fsp3) is 0.538. The SMILES string of the molecule is COc1cnn(C(C)C)c1C(O)c1cn(C)nc1C. The van der Waals surface area contributed by atoms with Crippen molar-refractivity contribution in [2.24, 2.45) is 7.05 Å². The van der Waals surface area contributed by atoms with E-state index in [0.717, 1.165) is 11.3 Å². The fourth-order valence-corrected chi connectivity index (χ4v) is 2.22. The summed E-state index contributed by atoms with van der Waals surface area (Å²) >= 11 is 0. The van der Waals surface area contributed by atoms with E-state index in [-0.39, 0.29) is 6.04 Å². The van der Waals surface area contributed by atoms with Crippen molar-refractivity contribution >= 4 is 0 Å². The van der Waals surface area contributed by atoms with Crippen LogP contribution in [0.3, 0.4) is 0 Å². The van der Waals surface area contributed by atoms with E-state index >= 15 is 0 Å². The third kappa shape index (κ3) is 2.35. The molecule has 0 radical (unpaired) electrons. The van der Waals surface area contributed by atoms with Crippen molar-refractivity contribution < 1.29 is 9.84 Å². The molecule has 0 spiro atoms. The molecule has 1 N–H and O–H groups in total. The summed E-state index contributed by atoms with van der Waals surface area (Å²) < 4.78 is 8.76. The summed E-state index contributed by atoms with van der Waals surface area (Å²) in [5.41, 5.74) is 2.23. The van der Waals surface area contributed by atoms with Crippen LogP contribution in [0.2, 0.25) is 0 Å². The quantitative estimate of drug-likeness (QED) is 0.911. The molecule has 0 aliphatic heterocycles. The molecule has 2 heterocycles. The van der Waals surface area contributed by atoms with Gasteiger partial charge < -0.3 is 9.84 Å². The van der Waals surface area contributed by atoms with Crippen molar-refractivity contribution in [1.82, 2.24) is 19.6 Å². The minimum Gasteiger partial charge on any atom is -0.493 e. The van der Waals surface area contributed by atoms with E-state index in [1.54, 1.807) is 22.7 Å². The zero-order valence-electron chi connectivity index (χ0n) is 12.0. The van der Waals surface area contributed by atoms with E-state index in [0.29, 0.717) is 11.4 Å². The number of ether oxygens (including phenoxy) is 1. The van der Waals surface area contributed by atoms with E-state index in [4.69, 9.17) is 4.74 Å². The van der Waals surface area contributed by atoms with E-state index in [9.17, 15) is 5.11 Å². The summed E-state index contributed by atoms with van der Waals surface area (Å²) in [6.45, 7) is 5.90. The van der Waals surface area contributed by atoms with Crippen LogP contribution < -0.4 is 4.74 Å². The monoisotopic (exact) mass is 264 g/mol. The summed E-state index contributed by atoms with van der Waals surface area (Å²) in [7, 11) is 3.41. The van der Waals surface area contributed by atoms with Gasteiger partial charge in [0.05, 0.1) is 19.0 Å². The summed E-state index contributed by atoms with van der Waals surface area (Å²) in [6.07, 6.45) is 2.65. The molecule has 2 rings (SSSR count). The van der Waals surface area contributed by atoms with Gasteiger partial charge in [-0.25, -0.2) is 0 Å². The predicted octanol–water partition coefficient (Wildman–Crippen LogP) is 1.60. The Morgan fingerprint density at radius 3 is 2.53 bits per heavy atom. The molecule has 6 nitrogen and oxygen atoms in total. The van der Waals surface area contributed by atoms with Gasteiger partial charge in [0.1, 0.15) is 11.8 Å². The third-order valence-corrected chi connectivity index (χ3v) is 3.11. The zero-order valence-corrected chi connectivity index (χ0v) is 12.0. The number of aliphatic hydroxyl groups excluding tert-OH is 1. The maximum Gasteiger partial charge on any atom is 0.163 e. The Bertz CT molecular complexity index is 571. The highest BCUT2D eigenvalue weighted by molar-refractivity contribution is 5.35. The molecule has 0 aliphatic rings. The standard InChI is InChI=1S/C13H20N4O2/c1-8(2)17-12(11(19-5)6-14-17)13(18)10-7-16(4)15-9(10)3/h6-8,13,18H,1-5H3. The Balaban J connectivity index is 2.51. The number of hydrogen-bond acceptors (Lipinski definition) is 4. The second-order valence-corrected chi connectivity index (χ2v) is 4.88. The Hall–Kier alpha value is -1.82. The van der Waals surface area contributed by atoms with Crippen LogP contribution in [0, 0.1) is 6.92 Å². The Morgan fingerprint density at radius 1 is 1.37 bits per heavy atom. The lowest BCUT2D eigenvalue weighted by Gasteiger charge is -2.16. The van der Waals surface area contributed by atoms with Crippen LogP contribution in [0.15, 0.2) is 12.4 Å². The highest BCUT2D eigenvalue weighted by atomic mass is 16.5. The molecular formula is C13H20N4O2. The highest BCUT2D eigenvalue weighted by Gasteiger charge is 2.25. The zero-order chi connectivity index (χ0) is 14.2. The van der Waals surface area contributed by atoms with E-state index < -0.39 is 6.10 Å². The summed E-state index contributed by atoms with van der Waals surface area (Å²) in [5.74, 6) is 0.587. The number of methoxy groups -OCH3 is 1. The highest BCUT2D eigenvalue weighted by Crippen LogP contribution is 2.32. The van der Waals surface area contributed by atoms with E-state index in [1.807, 2.05) is 34.0 Å². The molecule has 0 amide bonds. The van der Waals surface area contributed by atoms with Gasteiger partial charge in [0.25, 0.3) is 0 Å². The van der Waals surface area contributed by atoms with Gasteiger partial charge in [-0.3, -0.25) is 9.36 Å². The van der Waals surface area contributed by atoms with Crippen molar-refractivity contribution in [3.63, 3.8) is 0 Å². The Labute approximate surface area is 112 Å². The average molecular weight is 264 g/mol. The second-order valence-electron chi connectivity index (χ2n) is 4.88. The van der Waals surface area contributed by atoms with E-state index in [1.165, 1.54) is 0 Å². The van der Waals surface area contributed by atoms with Gasteiger partial charge in [0, 0.05) is 24.8 Å². The molecule has 6 heteroatoms. The molecular weight excluding hydrogens is 244 g/mol. The van der Waals surface area contributed by atoms with Crippen LogP contribution in [0.25, 0.3) is 0 Å². The molecule has 0 saturated heterocycles. The van der Waals surface area contributed by atoms with Gasteiger partial charge in [-0.2, -0.15) is 10.2 Å². The maximum atomic E-state index is 10.6. The molecule has 1 unspecified atom stereocenters. The number of aliphatic hydroxyl groups is 1. The first-order valence-corrected chi connectivity index (χ1v) is 6.25. The smallest absolute Gasteiger partial charge is 0.163 e. The molecule has 2 aromatic rings. The predicted molar refractivity (Wildman–Crippen MR) is 71.2 cm³/mol. The van der Waals surface area contributed by atoms with Crippen molar-refractivity contribution in [2.45, 2.75) is 32.9 Å². The third-order valence-electron chi connectivity index (χ3n) is 3.11. The largest absolute Gasteiger partial charge is 0.493 e. The minimum absolute atomic E-state index is 0.144. The molecule has 0 saturated carbocycles. The first-order valence-electron chi connectivity index (χ1n) is 6.25. The maximum absolute atomic E-state index is 10.6. The van der Waals surface area contributed by atoms with E-state index in [2.05, 4.69) is 10.2 Å². The number of aromatic nitrogens is 4. The van der Waals surface area contributed by atoms with Crippen LogP contribution in [-0.2, 0) is 7.05 Å². The first-order chi connectivity index (χ1) is 8.95. The summed E-state index contributed by atoms with van der Waals surface area (Å²) in [4.78, 5) is 0. The molecule has 104 valence electrons. The van der Waals surface area contributed by atoms with Crippen LogP contribution in [-0.4, -0.2) is 31.8 Å². The second kappa shape index (κ2) is 5.05. The average Bonchev–Trinajstić information content (AvgIpc) is 2.91. The van der Waals surface area contributed by atoms with Gasteiger partial charge in [0.15, 0.2) is 5.75 Å². The number of rotatable bonds is 4. The molecule has 1 atom stereocenters. The molecule has 0 fully saturated rings. The first kappa shape index (κ1) is 13.6. The van der Waals surface area contributed by atoms with Gasteiger partial charge in [-0.05, 0) is 20.8 Å². The molecule has 0 bridgehead atoms. The lowest BCUT2D eigenvalue weighted by atomic mass is 10.1. The van der Waals surface area contributed by atoms with Gasteiger partial charge >= 0.3 is 0 Å². The van der Waals surface area contributed by atoms with Crippen LogP contribution in [0.1, 0.15) is 42.9 Å². The molecule has 0 aromatic carbocycles. The lowest BCUT2D eigenvalue weighted by molar-refractivity contribution is 0.199. The molecule has 0 aliphatic carbocycles. The number of aryl methyl sites for hydroxylation is 2. The molecule has 2 aromatic heterocycles. The van der Waals surface area contributed by atoms with Gasteiger partial charge in [-0.1, -0.05) is 0 Å². The normalized spacial score (nSPS) is 13.0. The number of nitrogens with zero attached hydrogens (tertiary/aromatic N) is 4. The van der Waals surface area contributed by atoms with Gasteiger partial charge in [-0.15, -0.1) is 0 Å². The minimum atomic E-state index is -0.798. The lowest BCUT2D eigenvalue weighted by Crippen LogP contribution is -2.13. The van der Waals surface area contributed by atoms with Crippen molar-refractivity contribution in [3.8, 4) is 5.75 Å². The Morgan fingerprint density at radius 2 is 2.05 bits per heavy atom. The van der Waals surface area contributed by atoms with Gasteiger partial charge in [0.2, 0.25) is 0 Å². The van der Waals surface area contributed by atoms with Crippen LogP contribution in [0.4, 0.5) is 0 Å². The summed E-state index contributed by atoms with van der Waals surface area (Å²) in [5, 5.41) is 19.2. The summed E-state index contributed by atoms with van der Waals surface area (Å²) in [6, 6.07) is 0.144. The molecule has 19 heavy (non-hydrogen) atoms. The number of hydrogen-bond donors (Lipinski definition) is 1. The van der Waals surface area contributed by atoms with Crippen molar-refractivity contribution in [2.75, 3.05) is 7.11 Å². The van der Waals surface area contributed by atoms with Crippen molar-refractivity contribution in [1.29, 1.82) is 0 Å². The topological polar surface area (TPSA) is 65.1 Å². The Kier molecular flexibility index (Phi) is 3.61. The van der Waals surface area contributed by atoms with Crippen molar-refractivity contribution in [3.05, 3.63) is 29.3 Å². The van der Waals surface area contributed by atoms with Crippen LogP contribution in [0.5, 0.6) is 5.75 Å². The fourth-order valence-electron chi connectivity index (χ4n) is 2.22. The van der Waals surface area contributed by atoms with Crippen LogP contribution >= 0.6 is 0 Å².